The Morgan fingerprint density at radius 1 is 1.10 bits per heavy atom. The molecule has 0 radical (unpaired) electrons. The molecule has 150 valence electrons. The van der Waals surface area contributed by atoms with Crippen molar-refractivity contribution in [2.45, 2.75) is 10.9 Å². The summed E-state index contributed by atoms with van der Waals surface area (Å²) in [6, 6.07) is 13.0. The number of aromatic nitrogens is 4. The monoisotopic (exact) mass is 472 g/mol. The van der Waals surface area contributed by atoms with Crippen LogP contribution in [0.4, 0.5) is 0 Å². The lowest BCUT2D eigenvalue weighted by Gasteiger charge is -2.12. The van der Waals surface area contributed by atoms with Crippen LogP contribution >= 0.6 is 46.3 Å². The molecule has 0 saturated heterocycles. The van der Waals surface area contributed by atoms with Crippen molar-refractivity contribution in [3.63, 3.8) is 0 Å². The van der Waals surface area contributed by atoms with Gasteiger partial charge in [-0.2, -0.15) is 0 Å². The minimum atomic E-state index is -0.205. The zero-order chi connectivity index (χ0) is 20.8. The van der Waals surface area contributed by atoms with Crippen LogP contribution < -0.4 is 5.56 Å². The lowest BCUT2D eigenvalue weighted by molar-refractivity contribution is 0.802. The summed E-state index contributed by atoms with van der Waals surface area (Å²) in [6.07, 6.45) is 1.61. The Kier molecular flexibility index (Phi) is 5.06. The van der Waals surface area contributed by atoms with Gasteiger partial charge in [-0.25, -0.2) is 9.97 Å². The molecule has 0 atom stereocenters. The number of hydrogen-bond donors (Lipinski definition) is 0. The average Bonchev–Trinajstić information content (AvgIpc) is 3.31. The van der Waals surface area contributed by atoms with Gasteiger partial charge in [0.25, 0.3) is 5.56 Å². The number of imidazole rings is 1. The lowest BCUT2D eigenvalue weighted by atomic mass is 10.2. The number of hydrogen-bond acceptors (Lipinski definition) is 5. The van der Waals surface area contributed by atoms with Crippen LogP contribution in [0.15, 0.2) is 64.1 Å². The van der Waals surface area contributed by atoms with Gasteiger partial charge in [0.05, 0.1) is 12.0 Å². The van der Waals surface area contributed by atoms with Gasteiger partial charge in [0, 0.05) is 27.5 Å². The Bertz CT molecular complexity index is 1450. The van der Waals surface area contributed by atoms with E-state index < -0.39 is 0 Å². The molecule has 3 aromatic heterocycles. The Morgan fingerprint density at radius 2 is 1.87 bits per heavy atom. The van der Waals surface area contributed by atoms with E-state index >= 15 is 0 Å². The highest BCUT2D eigenvalue weighted by atomic mass is 35.5. The molecular formula is C21H14Cl2N4OS2. The van der Waals surface area contributed by atoms with Gasteiger partial charge >= 0.3 is 0 Å². The first-order valence-electron chi connectivity index (χ1n) is 9.00. The number of thioether (sulfide) groups is 1. The third kappa shape index (κ3) is 3.41. The molecule has 0 fully saturated rings. The molecule has 0 amide bonds. The number of rotatable bonds is 4. The van der Waals surface area contributed by atoms with Crippen molar-refractivity contribution in [3.8, 4) is 5.69 Å². The predicted octanol–water partition coefficient (Wildman–Crippen LogP) is 5.93. The average molecular weight is 473 g/mol. The summed E-state index contributed by atoms with van der Waals surface area (Å²) in [5.74, 6) is 0.656. The van der Waals surface area contributed by atoms with E-state index in [4.69, 9.17) is 28.2 Å². The van der Waals surface area contributed by atoms with Gasteiger partial charge in [0.15, 0.2) is 16.3 Å². The van der Waals surface area contributed by atoms with Gasteiger partial charge in [0.1, 0.15) is 0 Å². The number of nitrogens with zero attached hydrogens (tertiary/aromatic N) is 4. The maximum absolute atomic E-state index is 13.3. The van der Waals surface area contributed by atoms with Crippen molar-refractivity contribution >= 4 is 67.6 Å². The molecule has 0 saturated carbocycles. The number of fused-ring (bicyclic) bond motifs is 2. The van der Waals surface area contributed by atoms with Gasteiger partial charge in [-0.3, -0.25) is 9.36 Å². The summed E-state index contributed by atoms with van der Waals surface area (Å²) in [7, 11) is 1.83. The van der Waals surface area contributed by atoms with Gasteiger partial charge in [-0.1, -0.05) is 35.0 Å². The Balaban J connectivity index is 1.62. The molecule has 0 N–H and O–H groups in total. The zero-order valence-electron chi connectivity index (χ0n) is 15.7. The number of benzene rings is 2. The standard InChI is InChI=1S/C21H14Cl2N4OS2/c1-26-11-24-18-19(26)25-21(27(20(18)28)15-5-2-13(22)3-6-15)30-10-12-9-29-17-7-4-14(23)8-16(12)17/h2-9,11H,10H2,1H3. The molecule has 30 heavy (non-hydrogen) atoms. The summed E-state index contributed by atoms with van der Waals surface area (Å²) in [6.45, 7) is 0. The van der Waals surface area contributed by atoms with Crippen molar-refractivity contribution in [3.05, 3.63) is 80.1 Å². The van der Waals surface area contributed by atoms with E-state index in [0.717, 1.165) is 10.9 Å². The molecule has 0 aliphatic rings. The summed E-state index contributed by atoms with van der Waals surface area (Å²) >= 11 is 15.4. The second-order valence-electron chi connectivity index (χ2n) is 6.73. The summed E-state index contributed by atoms with van der Waals surface area (Å²) < 4.78 is 4.53. The van der Waals surface area contributed by atoms with E-state index in [2.05, 4.69) is 10.4 Å². The molecule has 5 nitrogen and oxygen atoms in total. The van der Waals surface area contributed by atoms with E-state index in [1.807, 2.05) is 37.4 Å². The van der Waals surface area contributed by atoms with Gasteiger partial charge < -0.3 is 4.57 Å². The highest BCUT2D eigenvalue weighted by molar-refractivity contribution is 7.98. The quantitative estimate of drug-likeness (QED) is 0.240. The fraction of sp³-hybridized carbons (Fsp3) is 0.0952. The third-order valence-corrected chi connectivity index (χ3v) is 7.25. The van der Waals surface area contributed by atoms with E-state index in [0.29, 0.717) is 37.8 Å². The Labute approximate surface area is 189 Å². The minimum Gasteiger partial charge on any atom is -0.318 e. The Hall–Kier alpha value is -2.32. The van der Waals surface area contributed by atoms with Gasteiger partial charge in [-0.15, -0.1) is 11.3 Å². The number of thiophene rings is 1. The van der Waals surface area contributed by atoms with Crippen molar-refractivity contribution in [1.29, 1.82) is 0 Å². The highest BCUT2D eigenvalue weighted by Crippen LogP contribution is 2.33. The second kappa shape index (κ2) is 7.74. The minimum absolute atomic E-state index is 0.205. The molecule has 0 bridgehead atoms. The van der Waals surface area contributed by atoms with Crippen LogP contribution in [0, 0.1) is 0 Å². The summed E-state index contributed by atoms with van der Waals surface area (Å²) in [5, 5.41) is 5.16. The van der Waals surface area contributed by atoms with E-state index in [1.165, 1.54) is 16.5 Å². The molecule has 2 aromatic carbocycles. The fourth-order valence-electron chi connectivity index (χ4n) is 3.26. The second-order valence-corrected chi connectivity index (χ2v) is 9.46. The van der Waals surface area contributed by atoms with Crippen LogP contribution in [0.25, 0.3) is 26.9 Å². The number of aryl methyl sites for hydroxylation is 1. The van der Waals surface area contributed by atoms with Crippen LogP contribution in [-0.2, 0) is 12.8 Å². The smallest absolute Gasteiger partial charge is 0.286 e. The first-order chi connectivity index (χ1) is 14.5. The van der Waals surface area contributed by atoms with E-state index in [9.17, 15) is 4.79 Å². The largest absolute Gasteiger partial charge is 0.318 e. The van der Waals surface area contributed by atoms with E-state index in [-0.39, 0.29) is 5.56 Å². The van der Waals surface area contributed by atoms with Crippen LogP contribution in [0.3, 0.4) is 0 Å². The van der Waals surface area contributed by atoms with Gasteiger partial charge in [0.2, 0.25) is 0 Å². The molecule has 9 heteroatoms. The topological polar surface area (TPSA) is 52.7 Å². The first-order valence-corrected chi connectivity index (χ1v) is 11.6. The van der Waals surface area contributed by atoms with Crippen molar-refractivity contribution in [1.82, 2.24) is 19.1 Å². The SMILES string of the molecule is Cn1cnc2c(=O)n(-c3ccc(Cl)cc3)c(SCc3csc4ccc(Cl)cc34)nc21. The highest BCUT2D eigenvalue weighted by Gasteiger charge is 2.17. The molecule has 0 aliphatic carbocycles. The predicted molar refractivity (Wildman–Crippen MR) is 126 cm³/mol. The maximum atomic E-state index is 13.3. The van der Waals surface area contributed by atoms with Crippen molar-refractivity contribution in [2.75, 3.05) is 0 Å². The van der Waals surface area contributed by atoms with Crippen molar-refractivity contribution < 1.29 is 0 Å². The molecule has 0 aliphatic heterocycles. The summed E-state index contributed by atoms with van der Waals surface area (Å²) in [4.78, 5) is 22.3. The molecule has 5 rings (SSSR count). The van der Waals surface area contributed by atoms with Crippen molar-refractivity contribution in [2.24, 2.45) is 7.05 Å². The maximum Gasteiger partial charge on any atom is 0.286 e. The van der Waals surface area contributed by atoms with Crippen LogP contribution in [-0.4, -0.2) is 19.1 Å². The molecule has 0 spiro atoms. The molecule has 0 unspecified atom stereocenters. The van der Waals surface area contributed by atoms with Gasteiger partial charge in [-0.05, 0) is 58.8 Å². The Morgan fingerprint density at radius 3 is 2.67 bits per heavy atom. The lowest BCUT2D eigenvalue weighted by Crippen LogP contribution is -2.22. The zero-order valence-corrected chi connectivity index (χ0v) is 18.8. The van der Waals surface area contributed by atoms with Crippen LogP contribution in [0.1, 0.15) is 5.56 Å². The molecule has 5 aromatic rings. The normalized spacial score (nSPS) is 11.6. The van der Waals surface area contributed by atoms with E-state index in [1.54, 1.807) is 38.9 Å². The number of halogens is 2. The van der Waals surface area contributed by atoms with Crippen LogP contribution in [0.5, 0.6) is 0 Å². The summed E-state index contributed by atoms with van der Waals surface area (Å²) in [5.41, 5.74) is 2.55. The molecular weight excluding hydrogens is 459 g/mol. The first kappa shape index (κ1) is 19.6. The molecule has 3 heterocycles. The van der Waals surface area contributed by atoms with Crippen LogP contribution in [0.2, 0.25) is 10.0 Å². The fourth-order valence-corrected chi connectivity index (χ4v) is 5.60. The third-order valence-electron chi connectivity index (χ3n) is 4.76.